The number of carbonyl (C=O) groups excluding carboxylic acids is 1. The molecule has 0 saturated carbocycles. The largest absolute Gasteiger partial charge is 0.492 e. The van der Waals surface area contributed by atoms with Gasteiger partial charge in [-0.3, -0.25) is 4.79 Å². The molecule has 0 unspecified atom stereocenters. The fraction of sp³-hybridized carbons (Fsp3) is 0.500. The molecule has 5 heteroatoms. The highest BCUT2D eigenvalue weighted by atomic mass is 19.1. The molecule has 0 aromatic heterocycles. The van der Waals surface area contributed by atoms with Gasteiger partial charge in [-0.25, -0.2) is 4.39 Å². The minimum atomic E-state index is -0.378. The molecule has 1 aromatic carbocycles. The van der Waals surface area contributed by atoms with Crippen LogP contribution in [0.3, 0.4) is 0 Å². The van der Waals surface area contributed by atoms with Gasteiger partial charge in [-0.15, -0.1) is 0 Å². The van der Waals surface area contributed by atoms with Crippen LogP contribution in [0.5, 0.6) is 5.75 Å². The molecule has 2 rings (SSSR count). The standard InChI is InChI=1S/C14H19FN2O2/c1-2-19-13-9-10(15)6-7-11(13)17-14(18)12-5-3-4-8-16-12/h6-7,9,12,16H,2-5,8H2,1H3,(H,17,18)/t12-/m0/s1. The summed E-state index contributed by atoms with van der Waals surface area (Å²) in [6, 6.07) is 3.95. The van der Waals surface area contributed by atoms with Crippen LogP contribution in [-0.4, -0.2) is 25.1 Å². The number of ether oxygens (including phenoxy) is 1. The number of rotatable bonds is 4. The van der Waals surface area contributed by atoms with E-state index in [1.807, 2.05) is 6.92 Å². The molecule has 1 atom stereocenters. The third kappa shape index (κ3) is 3.67. The van der Waals surface area contributed by atoms with E-state index in [9.17, 15) is 9.18 Å². The number of hydrogen-bond donors (Lipinski definition) is 2. The van der Waals surface area contributed by atoms with Crippen LogP contribution in [0.15, 0.2) is 18.2 Å². The van der Waals surface area contributed by atoms with Gasteiger partial charge in [0.05, 0.1) is 18.3 Å². The van der Waals surface area contributed by atoms with Crippen molar-refractivity contribution < 1.29 is 13.9 Å². The van der Waals surface area contributed by atoms with Crippen LogP contribution in [0.4, 0.5) is 10.1 Å². The third-order valence-corrected chi connectivity index (χ3v) is 3.13. The summed E-state index contributed by atoms with van der Waals surface area (Å²) in [5.74, 6) is -0.101. The van der Waals surface area contributed by atoms with Gasteiger partial charge in [0.2, 0.25) is 5.91 Å². The summed E-state index contributed by atoms with van der Waals surface area (Å²) in [7, 11) is 0. The predicted octanol–water partition coefficient (Wildman–Crippen LogP) is 2.30. The first kappa shape index (κ1) is 13.8. The van der Waals surface area contributed by atoms with E-state index in [0.29, 0.717) is 18.0 Å². The Kier molecular flexibility index (Phi) is 4.74. The highest BCUT2D eigenvalue weighted by molar-refractivity contribution is 5.96. The number of anilines is 1. The summed E-state index contributed by atoms with van der Waals surface area (Å²) in [5, 5.41) is 5.97. The molecule has 1 fully saturated rings. The second kappa shape index (κ2) is 6.52. The number of hydrogen-bond acceptors (Lipinski definition) is 3. The zero-order valence-electron chi connectivity index (χ0n) is 11.0. The van der Waals surface area contributed by atoms with Crippen molar-refractivity contribution in [1.29, 1.82) is 0 Å². The summed E-state index contributed by atoms with van der Waals surface area (Å²) < 4.78 is 18.5. The van der Waals surface area contributed by atoms with E-state index in [2.05, 4.69) is 10.6 Å². The first-order chi connectivity index (χ1) is 9.20. The molecule has 4 nitrogen and oxygen atoms in total. The van der Waals surface area contributed by atoms with Gasteiger partial charge in [-0.05, 0) is 38.4 Å². The first-order valence-corrected chi connectivity index (χ1v) is 6.67. The van der Waals surface area contributed by atoms with E-state index in [4.69, 9.17) is 4.74 Å². The molecule has 1 aromatic rings. The Morgan fingerprint density at radius 2 is 2.37 bits per heavy atom. The Morgan fingerprint density at radius 1 is 1.53 bits per heavy atom. The maximum absolute atomic E-state index is 13.2. The number of piperidine rings is 1. The highest BCUT2D eigenvalue weighted by Crippen LogP contribution is 2.26. The minimum absolute atomic E-state index is 0.0905. The van der Waals surface area contributed by atoms with E-state index in [0.717, 1.165) is 25.8 Å². The van der Waals surface area contributed by atoms with Crippen molar-refractivity contribution >= 4 is 11.6 Å². The van der Waals surface area contributed by atoms with Crippen molar-refractivity contribution in [2.75, 3.05) is 18.5 Å². The quantitative estimate of drug-likeness (QED) is 0.879. The molecule has 0 bridgehead atoms. The molecule has 104 valence electrons. The molecule has 0 radical (unpaired) electrons. The molecule has 1 aliphatic heterocycles. The van der Waals surface area contributed by atoms with Crippen LogP contribution in [0.1, 0.15) is 26.2 Å². The van der Waals surface area contributed by atoms with Crippen LogP contribution >= 0.6 is 0 Å². The lowest BCUT2D eigenvalue weighted by atomic mass is 10.0. The number of halogens is 1. The van der Waals surface area contributed by atoms with E-state index in [1.54, 1.807) is 0 Å². The topological polar surface area (TPSA) is 50.4 Å². The van der Waals surface area contributed by atoms with Gasteiger partial charge in [-0.1, -0.05) is 6.42 Å². The molecule has 1 heterocycles. The Balaban J connectivity index is 2.06. The lowest BCUT2D eigenvalue weighted by molar-refractivity contribution is -0.118. The van der Waals surface area contributed by atoms with Gasteiger partial charge in [0.1, 0.15) is 11.6 Å². The van der Waals surface area contributed by atoms with E-state index in [1.165, 1.54) is 18.2 Å². The van der Waals surface area contributed by atoms with Gasteiger partial charge in [0.25, 0.3) is 0 Å². The van der Waals surface area contributed by atoms with Crippen molar-refractivity contribution in [3.8, 4) is 5.75 Å². The number of benzene rings is 1. The summed E-state index contributed by atoms with van der Waals surface area (Å²) in [4.78, 5) is 12.1. The zero-order chi connectivity index (χ0) is 13.7. The molecular formula is C14H19FN2O2. The zero-order valence-corrected chi connectivity index (χ0v) is 11.0. The maximum atomic E-state index is 13.2. The van der Waals surface area contributed by atoms with Crippen molar-refractivity contribution in [3.63, 3.8) is 0 Å². The SMILES string of the molecule is CCOc1cc(F)ccc1NC(=O)[C@@H]1CCCCN1. The Bertz CT molecular complexity index is 445. The number of amides is 1. The second-order valence-corrected chi connectivity index (χ2v) is 4.57. The van der Waals surface area contributed by atoms with Gasteiger partial charge in [0, 0.05) is 6.07 Å². The third-order valence-electron chi connectivity index (χ3n) is 3.13. The van der Waals surface area contributed by atoms with Crippen molar-refractivity contribution in [2.45, 2.75) is 32.2 Å². The fourth-order valence-electron chi connectivity index (χ4n) is 2.17. The molecule has 19 heavy (non-hydrogen) atoms. The molecule has 0 aliphatic carbocycles. The Hall–Kier alpha value is -1.62. The summed E-state index contributed by atoms with van der Waals surface area (Å²) in [6.45, 7) is 3.10. The molecule has 2 N–H and O–H groups in total. The minimum Gasteiger partial charge on any atom is -0.492 e. The lowest BCUT2D eigenvalue weighted by Crippen LogP contribution is -2.43. The smallest absolute Gasteiger partial charge is 0.241 e. The number of carbonyl (C=O) groups is 1. The Labute approximate surface area is 112 Å². The van der Waals surface area contributed by atoms with Crippen LogP contribution in [0, 0.1) is 5.82 Å². The normalized spacial score (nSPS) is 18.9. The summed E-state index contributed by atoms with van der Waals surface area (Å²) in [6.07, 6.45) is 2.98. The first-order valence-electron chi connectivity index (χ1n) is 6.67. The Morgan fingerprint density at radius 3 is 3.05 bits per heavy atom. The predicted molar refractivity (Wildman–Crippen MR) is 71.8 cm³/mol. The van der Waals surface area contributed by atoms with Gasteiger partial charge in [-0.2, -0.15) is 0 Å². The average molecular weight is 266 g/mol. The van der Waals surface area contributed by atoms with Gasteiger partial charge in [0.15, 0.2) is 0 Å². The average Bonchev–Trinajstić information content (AvgIpc) is 2.43. The molecule has 1 amide bonds. The van der Waals surface area contributed by atoms with Crippen LogP contribution in [-0.2, 0) is 4.79 Å². The molecule has 0 spiro atoms. The maximum Gasteiger partial charge on any atom is 0.241 e. The van der Waals surface area contributed by atoms with Gasteiger partial charge < -0.3 is 15.4 Å². The second-order valence-electron chi connectivity index (χ2n) is 4.57. The molecule has 1 aliphatic rings. The fourth-order valence-corrected chi connectivity index (χ4v) is 2.17. The van der Waals surface area contributed by atoms with Gasteiger partial charge >= 0.3 is 0 Å². The van der Waals surface area contributed by atoms with Crippen molar-refractivity contribution in [3.05, 3.63) is 24.0 Å². The molecular weight excluding hydrogens is 247 g/mol. The lowest BCUT2D eigenvalue weighted by Gasteiger charge is -2.23. The van der Waals surface area contributed by atoms with E-state index < -0.39 is 0 Å². The van der Waals surface area contributed by atoms with Crippen molar-refractivity contribution in [2.24, 2.45) is 0 Å². The van der Waals surface area contributed by atoms with E-state index in [-0.39, 0.29) is 17.8 Å². The monoisotopic (exact) mass is 266 g/mol. The van der Waals surface area contributed by atoms with Crippen LogP contribution in [0.25, 0.3) is 0 Å². The van der Waals surface area contributed by atoms with Crippen LogP contribution < -0.4 is 15.4 Å². The molecule has 1 saturated heterocycles. The number of nitrogens with one attached hydrogen (secondary N) is 2. The highest BCUT2D eigenvalue weighted by Gasteiger charge is 2.21. The van der Waals surface area contributed by atoms with E-state index >= 15 is 0 Å². The summed E-state index contributed by atoms with van der Waals surface area (Å²) in [5.41, 5.74) is 0.514. The van der Waals surface area contributed by atoms with Crippen LogP contribution in [0.2, 0.25) is 0 Å². The summed E-state index contributed by atoms with van der Waals surface area (Å²) >= 11 is 0. The van der Waals surface area contributed by atoms with Crippen molar-refractivity contribution in [1.82, 2.24) is 5.32 Å².